The zero-order valence-electron chi connectivity index (χ0n) is 13.5. The molecule has 2 rings (SSSR count). The lowest BCUT2D eigenvalue weighted by Gasteiger charge is -2.18. The van der Waals surface area contributed by atoms with Crippen molar-refractivity contribution < 1.29 is 24.6 Å². The number of hydrogen-bond acceptors (Lipinski definition) is 4. The van der Waals surface area contributed by atoms with E-state index in [0.29, 0.717) is 0 Å². The maximum absolute atomic E-state index is 12.0. The third kappa shape index (κ3) is 5.29. The fraction of sp³-hybridized carbons (Fsp3) is 0.278. The Bertz CT molecular complexity index is 790. The summed E-state index contributed by atoms with van der Waals surface area (Å²) >= 11 is 0. The molecular formula is C18H20N2O5. The number of amides is 1. The summed E-state index contributed by atoms with van der Waals surface area (Å²) in [5.74, 6) is -2.91. The molecular weight excluding hydrogens is 324 g/mol. The minimum absolute atomic E-state index is 0.0521. The van der Waals surface area contributed by atoms with Crippen molar-refractivity contribution in [2.75, 3.05) is 0 Å². The zero-order valence-corrected chi connectivity index (χ0v) is 13.5. The summed E-state index contributed by atoms with van der Waals surface area (Å²) in [5.41, 5.74) is 6.38. The van der Waals surface area contributed by atoms with E-state index in [1.165, 1.54) is 0 Å². The van der Waals surface area contributed by atoms with E-state index >= 15 is 0 Å². The zero-order chi connectivity index (χ0) is 18.4. The van der Waals surface area contributed by atoms with Crippen molar-refractivity contribution in [2.24, 2.45) is 5.73 Å². The van der Waals surface area contributed by atoms with Crippen LogP contribution in [0.4, 0.5) is 0 Å². The lowest BCUT2D eigenvalue weighted by Crippen LogP contribution is -2.49. The van der Waals surface area contributed by atoms with Gasteiger partial charge < -0.3 is 21.3 Å². The summed E-state index contributed by atoms with van der Waals surface area (Å²) in [6.45, 7) is 0. The highest BCUT2D eigenvalue weighted by atomic mass is 16.4. The molecule has 0 aliphatic rings. The van der Waals surface area contributed by atoms with E-state index in [9.17, 15) is 19.5 Å². The summed E-state index contributed by atoms with van der Waals surface area (Å²) in [6, 6.07) is 11.1. The van der Waals surface area contributed by atoms with Crippen LogP contribution in [0.25, 0.3) is 10.8 Å². The van der Waals surface area contributed by atoms with E-state index in [1.807, 2.05) is 42.5 Å². The minimum Gasteiger partial charge on any atom is -0.481 e. The van der Waals surface area contributed by atoms with Gasteiger partial charge in [-0.2, -0.15) is 0 Å². The first-order chi connectivity index (χ1) is 11.9. The Balaban J connectivity index is 2.05. The molecule has 1 amide bonds. The van der Waals surface area contributed by atoms with Crippen LogP contribution in [-0.2, 0) is 20.8 Å². The normalized spacial score (nSPS) is 13.2. The van der Waals surface area contributed by atoms with Gasteiger partial charge in [-0.1, -0.05) is 42.5 Å². The minimum atomic E-state index is -1.17. The van der Waals surface area contributed by atoms with E-state index in [2.05, 4.69) is 5.32 Å². The predicted molar refractivity (Wildman–Crippen MR) is 92.1 cm³/mol. The van der Waals surface area contributed by atoms with Crippen LogP contribution in [0.3, 0.4) is 0 Å². The molecule has 7 heteroatoms. The first-order valence-electron chi connectivity index (χ1n) is 7.85. The second-order valence-electron chi connectivity index (χ2n) is 5.82. The molecule has 0 aliphatic heterocycles. The Hall–Kier alpha value is -2.93. The fourth-order valence-electron chi connectivity index (χ4n) is 2.49. The molecule has 0 saturated heterocycles. The van der Waals surface area contributed by atoms with Gasteiger partial charge in [0.15, 0.2) is 0 Å². The van der Waals surface area contributed by atoms with Crippen LogP contribution in [0.1, 0.15) is 18.4 Å². The average Bonchev–Trinajstić information content (AvgIpc) is 2.58. The number of rotatable bonds is 8. The number of carboxylic acids is 2. The Labute approximate surface area is 144 Å². The van der Waals surface area contributed by atoms with Crippen LogP contribution >= 0.6 is 0 Å². The van der Waals surface area contributed by atoms with Crippen molar-refractivity contribution in [1.29, 1.82) is 0 Å². The molecule has 2 aromatic rings. The van der Waals surface area contributed by atoms with Gasteiger partial charge in [0, 0.05) is 12.8 Å². The smallest absolute Gasteiger partial charge is 0.326 e. The highest BCUT2D eigenvalue weighted by Gasteiger charge is 2.24. The monoisotopic (exact) mass is 344 g/mol. The molecule has 0 fully saturated rings. The number of benzene rings is 2. The predicted octanol–water partition coefficient (Wildman–Crippen LogP) is 1.14. The fourth-order valence-corrected chi connectivity index (χ4v) is 2.49. The van der Waals surface area contributed by atoms with Crippen LogP contribution in [0.15, 0.2) is 42.5 Å². The Morgan fingerprint density at radius 2 is 1.72 bits per heavy atom. The topological polar surface area (TPSA) is 130 Å². The van der Waals surface area contributed by atoms with Gasteiger partial charge in [-0.15, -0.1) is 0 Å². The van der Waals surface area contributed by atoms with E-state index in [4.69, 9.17) is 10.8 Å². The molecule has 0 bridgehead atoms. The Kier molecular flexibility index (Phi) is 6.08. The third-order valence-corrected chi connectivity index (χ3v) is 3.87. The van der Waals surface area contributed by atoms with Gasteiger partial charge in [-0.3, -0.25) is 9.59 Å². The second kappa shape index (κ2) is 8.25. The van der Waals surface area contributed by atoms with Crippen LogP contribution in [0.2, 0.25) is 0 Å². The van der Waals surface area contributed by atoms with Crippen molar-refractivity contribution >= 4 is 28.6 Å². The van der Waals surface area contributed by atoms with Crippen molar-refractivity contribution in [3.8, 4) is 0 Å². The number of fused-ring (bicyclic) bond motifs is 1. The summed E-state index contributed by atoms with van der Waals surface area (Å²) in [7, 11) is 0. The molecule has 132 valence electrons. The first kappa shape index (κ1) is 18.4. The molecule has 2 atom stereocenters. The first-order valence-corrected chi connectivity index (χ1v) is 7.85. The lowest BCUT2D eigenvalue weighted by atomic mass is 10.0. The summed E-state index contributed by atoms with van der Waals surface area (Å²) < 4.78 is 0. The highest BCUT2D eigenvalue weighted by molar-refractivity contribution is 5.87. The molecule has 0 aliphatic carbocycles. The molecule has 0 heterocycles. The maximum atomic E-state index is 12.0. The molecule has 0 spiro atoms. The standard InChI is InChI=1S/C18H20N2O5/c19-14(7-8-16(21)22)17(23)20-15(18(24)25)10-11-5-6-12-3-1-2-4-13(12)9-11/h1-6,9,14-15H,7-8,10,19H2,(H,20,23)(H,21,22)(H,24,25)/t14-,15-/m0/s1. The maximum Gasteiger partial charge on any atom is 0.326 e. The van der Waals surface area contributed by atoms with Crippen LogP contribution in [0.5, 0.6) is 0 Å². The summed E-state index contributed by atoms with van der Waals surface area (Å²) in [6.07, 6.45) is -0.196. The van der Waals surface area contributed by atoms with E-state index in [0.717, 1.165) is 16.3 Å². The number of nitrogens with two attached hydrogens (primary N) is 1. The average molecular weight is 344 g/mol. The van der Waals surface area contributed by atoms with Crippen molar-refractivity contribution in [3.05, 3.63) is 48.0 Å². The van der Waals surface area contributed by atoms with Crippen molar-refractivity contribution in [3.63, 3.8) is 0 Å². The number of carbonyl (C=O) groups excluding carboxylic acids is 1. The molecule has 0 aromatic heterocycles. The van der Waals surface area contributed by atoms with Gasteiger partial charge in [0.2, 0.25) is 5.91 Å². The largest absolute Gasteiger partial charge is 0.481 e. The van der Waals surface area contributed by atoms with Gasteiger partial charge in [0.1, 0.15) is 6.04 Å². The number of carboxylic acid groups (broad SMARTS) is 2. The van der Waals surface area contributed by atoms with Gasteiger partial charge >= 0.3 is 11.9 Å². The Morgan fingerprint density at radius 1 is 1.04 bits per heavy atom. The van der Waals surface area contributed by atoms with E-state index < -0.39 is 29.9 Å². The van der Waals surface area contributed by atoms with E-state index in [1.54, 1.807) is 0 Å². The molecule has 0 radical (unpaired) electrons. The molecule has 7 nitrogen and oxygen atoms in total. The van der Waals surface area contributed by atoms with Crippen molar-refractivity contribution in [1.82, 2.24) is 5.32 Å². The van der Waals surface area contributed by atoms with Gasteiger partial charge in [0.05, 0.1) is 6.04 Å². The van der Waals surface area contributed by atoms with Gasteiger partial charge in [0.25, 0.3) is 0 Å². The molecule has 25 heavy (non-hydrogen) atoms. The van der Waals surface area contributed by atoms with Crippen LogP contribution in [-0.4, -0.2) is 40.1 Å². The highest BCUT2D eigenvalue weighted by Crippen LogP contribution is 2.16. The molecule has 0 unspecified atom stereocenters. The number of aliphatic carboxylic acids is 2. The van der Waals surface area contributed by atoms with Crippen LogP contribution in [0, 0.1) is 0 Å². The molecule has 2 aromatic carbocycles. The van der Waals surface area contributed by atoms with E-state index in [-0.39, 0.29) is 19.3 Å². The van der Waals surface area contributed by atoms with Gasteiger partial charge in [-0.25, -0.2) is 4.79 Å². The summed E-state index contributed by atoms with van der Waals surface area (Å²) in [4.78, 5) is 33.9. The molecule has 0 saturated carbocycles. The van der Waals surface area contributed by atoms with Crippen molar-refractivity contribution in [2.45, 2.75) is 31.3 Å². The quantitative estimate of drug-likeness (QED) is 0.568. The lowest BCUT2D eigenvalue weighted by molar-refractivity contribution is -0.142. The SMILES string of the molecule is N[C@@H](CCC(=O)O)C(=O)N[C@@H](Cc1ccc2ccccc2c1)C(=O)O. The number of carbonyl (C=O) groups is 3. The number of nitrogens with one attached hydrogen (secondary N) is 1. The van der Waals surface area contributed by atoms with Crippen LogP contribution < -0.4 is 11.1 Å². The molecule has 5 N–H and O–H groups in total. The second-order valence-corrected chi connectivity index (χ2v) is 5.82. The number of hydrogen-bond donors (Lipinski definition) is 4. The summed E-state index contributed by atoms with van der Waals surface area (Å²) in [5, 5.41) is 22.4. The Morgan fingerprint density at radius 3 is 2.36 bits per heavy atom. The third-order valence-electron chi connectivity index (χ3n) is 3.87. The van der Waals surface area contributed by atoms with Gasteiger partial charge in [-0.05, 0) is 22.8 Å².